The van der Waals surface area contributed by atoms with Gasteiger partial charge >= 0.3 is 0 Å². The van der Waals surface area contributed by atoms with E-state index in [9.17, 15) is 9.59 Å². The summed E-state index contributed by atoms with van der Waals surface area (Å²) in [5, 5.41) is 7.39. The van der Waals surface area contributed by atoms with E-state index in [-0.39, 0.29) is 13.2 Å². The van der Waals surface area contributed by atoms with Crippen LogP contribution < -0.4 is 15.8 Å². The van der Waals surface area contributed by atoms with E-state index in [2.05, 4.69) is 10.4 Å². The fraction of sp³-hybridized carbons (Fsp3) is 0.316. The van der Waals surface area contributed by atoms with Gasteiger partial charge in [0.25, 0.3) is 5.91 Å². The van der Waals surface area contributed by atoms with E-state index in [0.29, 0.717) is 34.6 Å². The number of aryl methyl sites for hydroxylation is 2. The minimum absolute atomic E-state index is 0.0575. The van der Waals surface area contributed by atoms with Gasteiger partial charge in [-0.2, -0.15) is 5.10 Å². The van der Waals surface area contributed by atoms with Crippen LogP contribution in [0.1, 0.15) is 21.8 Å². The zero-order valence-corrected chi connectivity index (χ0v) is 15.5. The smallest absolute Gasteiger partial charge is 0.256 e. The van der Waals surface area contributed by atoms with Crippen LogP contribution in [0.25, 0.3) is 11.0 Å². The highest BCUT2D eigenvalue weighted by Crippen LogP contribution is 2.30. The molecule has 0 bridgehead atoms. The Labute approximate surface area is 160 Å². The third kappa shape index (κ3) is 2.99. The molecule has 1 aliphatic heterocycles. The molecule has 1 saturated heterocycles. The second-order valence-electron chi connectivity index (χ2n) is 6.82. The molecule has 0 spiro atoms. The van der Waals surface area contributed by atoms with Crippen molar-refractivity contribution in [2.75, 3.05) is 13.2 Å². The van der Waals surface area contributed by atoms with Gasteiger partial charge in [0.2, 0.25) is 5.91 Å². The number of carbonyl (C=O) groups excluding carboxylic acids is 2. The molecule has 9 nitrogen and oxygen atoms in total. The van der Waals surface area contributed by atoms with Crippen molar-refractivity contribution in [3.63, 3.8) is 0 Å². The van der Waals surface area contributed by atoms with E-state index in [1.807, 2.05) is 13.1 Å². The number of benzene rings is 1. The Bertz CT molecular complexity index is 1060. The van der Waals surface area contributed by atoms with Gasteiger partial charge in [-0.15, -0.1) is 0 Å². The predicted octanol–water partition coefficient (Wildman–Crippen LogP) is 1.04. The molecule has 28 heavy (non-hydrogen) atoms. The standard InChI is InChI=1S/C19H20N4O5/c1-11-16(17(24)22-19(18(20)25)9-26-10-19)14-7-13(3-4-15(14)28-11)27-8-12-5-6-21-23(12)2/h3-7H,8-10H2,1-2H3,(H2,20,25)(H,22,24). The lowest BCUT2D eigenvalue weighted by atomic mass is 9.95. The van der Waals surface area contributed by atoms with E-state index >= 15 is 0 Å². The average molecular weight is 384 g/mol. The molecular formula is C19H20N4O5. The molecule has 2 amide bonds. The molecule has 3 aromatic rings. The predicted molar refractivity (Wildman–Crippen MR) is 98.7 cm³/mol. The number of hydrogen-bond donors (Lipinski definition) is 2. The van der Waals surface area contributed by atoms with Crippen LogP contribution in [0.3, 0.4) is 0 Å². The van der Waals surface area contributed by atoms with Crippen molar-refractivity contribution in [2.45, 2.75) is 19.1 Å². The van der Waals surface area contributed by atoms with E-state index in [4.69, 9.17) is 19.6 Å². The molecule has 146 valence electrons. The first-order valence-corrected chi connectivity index (χ1v) is 8.73. The number of primary amides is 1. The van der Waals surface area contributed by atoms with Crippen molar-refractivity contribution in [3.8, 4) is 5.75 Å². The molecule has 0 unspecified atom stereocenters. The van der Waals surface area contributed by atoms with Crippen LogP contribution in [-0.4, -0.2) is 40.3 Å². The normalized spacial score (nSPS) is 15.2. The Morgan fingerprint density at radius 3 is 2.75 bits per heavy atom. The summed E-state index contributed by atoms with van der Waals surface area (Å²) in [6, 6.07) is 7.12. The topological polar surface area (TPSA) is 122 Å². The van der Waals surface area contributed by atoms with Crippen molar-refractivity contribution in [1.82, 2.24) is 15.1 Å². The molecule has 4 rings (SSSR count). The summed E-state index contributed by atoms with van der Waals surface area (Å²) >= 11 is 0. The van der Waals surface area contributed by atoms with E-state index in [1.54, 1.807) is 36.0 Å². The van der Waals surface area contributed by atoms with Crippen molar-refractivity contribution in [3.05, 3.63) is 47.5 Å². The van der Waals surface area contributed by atoms with Crippen molar-refractivity contribution in [2.24, 2.45) is 12.8 Å². The first-order valence-electron chi connectivity index (χ1n) is 8.73. The molecular weight excluding hydrogens is 364 g/mol. The monoisotopic (exact) mass is 384 g/mol. The highest BCUT2D eigenvalue weighted by Gasteiger charge is 2.46. The number of aromatic nitrogens is 2. The molecule has 0 saturated carbocycles. The van der Waals surface area contributed by atoms with Gasteiger partial charge in [0.15, 0.2) is 5.54 Å². The second-order valence-corrected chi connectivity index (χ2v) is 6.82. The van der Waals surface area contributed by atoms with Crippen molar-refractivity contribution in [1.29, 1.82) is 0 Å². The highest BCUT2D eigenvalue weighted by atomic mass is 16.5. The van der Waals surface area contributed by atoms with Crippen LogP contribution in [0.5, 0.6) is 5.75 Å². The van der Waals surface area contributed by atoms with Crippen LogP contribution in [0, 0.1) is 6.92 Å². The Morgan fingerprint density at radius 1 is 1.36 bits per heavy atom. The summed E-state index contributed by atoms with van der Waals surface area (Å²) in [6.45, 7) is 2.14. The van der Waals surface area contributed by atoms with Gasteiger partial charge in [0.05, 0.1) is 24.5 Å². The number of carbonyl (C=O) groups is 2. The number of amides is 2. The number of furan rings is 1. The van der Waals surface area contributed by atoms with Gasteiger partial charge < -0.3 is 24.9 Å². The zero-order chi connectivity index (χ0) is 19.9. The lowest BCUT2D eigenvalue weighted by molar-refractivity contribution is -0.143. The van der Waals surface area contributed by atoms with Gasteiger partial charge in [-0.25, -0.2) is 0 Å². The summed E-state index contributed by atoms with van der Waals surface area (Å²) < 4.78 is 18.3. The van der Waals surface area contributed by atoms with Gasteiger partial charge in [0, 0.05) is 18.6 Å². The summed E-state index contributed by atoms with van der Waals surface area (Å²) in [6.07, 6.45) is 1.70. The minimum atomic E-state index is -1.18. The van der Waals surface area contributed by atoms with Crippen LogP contribution in [-0.2, 0) is 23.2 Å². The van der Waals surface area contributed by atoms with Gasteiger partial charge in [-0.1, -0.05) is 0 Å². The van der Waals surface area contributed by atoms with E-state index in [0.717, 1.165) is 5.69 Å². The first kappa shape index (κ1) is 18.1. The largest absolute Gasteiger partial charge is 0.487 e. The van der Waals surface area contributed by atoms with Crippen LogP contribution in [0.15, 0.2) is 34.9 Å². The number of nitrogens with two attached hydrogens (primary N) is 1. The average Bonchev–Trinajstić information content (AvgIpc) is 3.17. The van der Waals surface area contributed by atoms with Crippen LogP contribution >= 0.6 is 0 Å². The summed E-state index contributed by atoms with van der Waals surface area (Å²) in [5.41, 5.74) is 6.05. The van der Waals surface area contributed by atoms with Gasteiger partial charge in [-0.3, -0.25) is 14.3 Å². The summed E-state index contributed by atoms with van der Waals surface area (Å²) in [5.74, 6) is -0.0452. The number of nitrogens with zero attached hydrogens (tertiary/aromatic N) is 2. The van der Waals surface area contributed by atoms with Gasteiger partial charge in [0.1, 0.15) is 23.7 Å². The maximum Gasteiger partial charge on any atom is 0.256 e. The third-order valence-electron chi connectivity index (χ3n) is 4.89. The molecule has 1 aromatic carbocycles. The fourth-order valence-electron chi connectivity index (χ4n) is 3.13. The molecule has 1 fully saturated rings. The molecule has 0 radical (unpaired) electrons. The van der Waals surface area contributed by atoms with Crippen molar-refractivity contribution < 1.29 is 23.5 Å². The lowest BCUT2D eigenvalue weighted by Gasteiger charge is -2.38. The van der Waals surface area contributed by atoms with E-state index in [1.165, 1.54) is 0 Å². The number of nitrogens with one attached hydrogen (secondary N) is 1. The zero-order valence-electron chi connectivity index (χ0n) is 15.5. The Hall–Kier alpha value is -3.33. The second kappa shape index (κ2) is 6.68. The van der Waals surface area contributed by atoms with Gasteiger partial charge in [-0.05, 0) is 31.2 Å². The summed E-state index contributed by atoms with van der Waals surface area (Å²) in [7, 11) is 1.84. The number of fused-ring (bicyclic) bond motifs is 1. The molecule has 0 atom stereocenters. The summed E-state index contributed by atoms with van der Waals surface area (Å²) in [4.78, 5) is 24.6. The molecule has 1 aliphatic rings. The Kier molecular flexibility index (Phi) is 4.31. The first-order chi connectivity index (χ1) is 13.4. The Morgan fingerprint density at radius 2 is 2.14 bits per heavy atom. The SMILES string of the molecule is Cc1oc2ccc(OCc3ccnn3C)cc2c1C(=O)NC1(C(N)=O)COC1. The van der Waals surface area contributed by atoms with Crippen molar-refractivity contribution >= 4 is 22.8 Å². The molecule has 3 heterocycles. The van der Waals surface area contributed by atoms with Crippen LogP contribution in [0.4, 0.5) is 0 Å². The molecule has 2 aromatic heterocycles. The highest BCUT2D eigenvalue weighted by molar-refractivity contribution is 6.09. The Balaban J connectivity index is 1.61. The lowest BCUT2D eigenvalue weighted by Crippen LogP contribution is -2.69. The number of ether oxygens (including phenoxy) is 2. The molecule has 3 N–H and O–H groups in total. The maximum absolute atomic E-state index is 12.9. The maximum atomic E-state index is 12.9. The van der Waals surface area contributed by atoms with Crippen LogP contribution in [0.2, 0.25) is 0 Å². The molecule has 0 aliphatic carbocycles. The fourth-order valence-corrected chi connectivity index (χ4v) is 3.13. The number of hydrogen-bond acceptors (Lipinski definition) is 6. The minimum Gasteiger partial charge on any atom is -0.487 e. The third-order valence-corrected chi connectivity index (χ3v) is 4.89. The quantitative estimate of drug-likeness (QED) is 0.655. The van der Waals surface area contributed by atoms with E-state index < -0.39 is 17.4 Å². The number of rotatable bonds is 6. The molecule has 9 heteroatoms.